The Balaban J connectivity index is 0.978. The smallest absolute Gasteiger partial charge is 0.335 e. The van der Waals surface area contributed by atoms with Crippen molar-refractivity contribution in [1.29, 1.82) is 0 Å². The lowest BCUT2D eigenvalue weighted by Crippen LogP contribution is -2.53. The Kier molecular flexibility index (Phi) is 6.41. The molecule has 5 heterocycles. The van der Waals surface area contributed by atoms with Gasteiger partial charge in [0.2, 0.25) is 5.88 Å². The third-order valence-electron chi connectivity index (χ3n) is 8.75. The van der Waals surface area contributed by atoms with Gasteiger partial charge in [-0.15, -0.1) is 0 Å². The maximum Gasteiger partial charge on any atom is 0.335 e. The van der Waals surface area contributed by atoms with Gasteiger partial charge in [0.1, 0.15) is 11.6 Å². The molecular formula is C29H35N5O5. The van der Waals surface area contributed by atoms with Crippen LogP contribution in [-0.2, 0) is 22.6 Å². The molecule has 4 aliphatic rings. The van der Waals surface area contributed by atoms with E-state index in [4.69, 9.17) is 24.2 Å². The van der Waals surface area contributed by atoms with Crippen molar-refractivity contribution in [3.8, 4) is 5.88 Å². The average Bonchev–Trinajstić information content (AvgIpc) is 3.21. The van der Waals surface area contributed by atoms with Gasteiger partial charge in [0.25, 0.3) is 0 Å². The molecule has 3 saturated heterocycles. The maximum absolute atomic E-state index is 11.6. The van der Waals surface area contributed by atoms with E-state index < -0.39 is 5.97 Å². The Hall–Kier alpha value is -3.21. The van der Waals surface area contributed by atoms with Crippen molar-refractivity contribution in [2.75, 3.05) is 57.5 Å². The van der Waals surface area contributed by atoms with Crippen LogP contribution in [0.2, 0.25) is 0 Å². The number of anilines is 1. The van der Waals surface area contributed by atoms with Crippen molar-refractivity contribution in [2.24, 2.45) is 11.3 Å². The van der Waals surface area contributed by atoms with E-state index in [1.165, 1.54) is 12.8 Å². The first-order valence-electron chi connectivity index (χ1n) is 14.0. The molecule has 0 bridgehead atoms. The minimum atomic E-state index is -0.925. The molecule has 1 atom stereocenters. The van der Waals surface area contributed by atoms with Crippen molar-refractivity contribution in [2.45, 2.75) is 38.5 Å². The van der Waals surface area contributed by atoms with Gasteiger partial charge in [-0.25, -0.2) is 9.78 Å². The molecule has 2 aromatic heterocycles. The summed E-state index contributed by atoms with van der Waals surface area (Å²) in [7, 11) is 0. The van der Waals surface area contributed by atoms with Crippen LogP contribution in [0.4, 0.5) is 5.82 Å². The van der Waals surface area contributed by atoms with E-state index >= 15 is 0 Å². The normalized spacial score (nSPS) is 22.9. The lowest BCUT2D eigenvalue weighted by molar-refractivity contribution is -0.183. The fourth-order valence-electron chi connectivity index (χ4n) is 6.37. The van der Waals surface area contributed by atoms with Crippen LogP contribution < -0.4 is 9.64 Å². The predicted octanol–water partition coefficient (Wildman–Crippen LogP) is 3.05. The first kappa shape index (κ1) is 24.8. The van der Waals surface area contributed by atoms with Gasteiger partial charge in [0, 0.05) is 44.3 Å². The topological polar surface area (TPSA) is 102 Å². The number of aromatic carboxylic acids is 1. The average molecular weight is 534 g/mol. The van der Waals surface area contributed by atoms with Crippen LogP contribution in [0.25, 0.3) is 11.0 Å². The third-order valence-corrected chi connectivity index (χ3v) is 8.75. The van der Waals surface area contributed by atoms with E-state index in [2.05, 4.69) is 20.4 Å². The molecule has 10 nitrogen and oxygen atoms in total. The van der Waals surface area contributed by atoms with Crippen molar-refractivity contribution >= 4 is 22.8 Å². The SMILES string of the molecule is O=C(O)c1ccc2nc(CN3CCN(c4cccc(OCC5CC6(COC6)C5)n4)CC3)n(C[C@@H]3CCO3)c2c1. The molecular weight excluding hydrogens is 498 g/mol. The molecule has 1 aromatic carbocycles. The molecule has 0 radical (unpaired) electrons. The number of benzene rings is 1. The lowest BCUT2D eigenvalue weighted by atomic mass is 9.61. The van der Waals surface area contributed by atoms with Gasteiger partial charge in [-0.3, -0.25) is 4.90 Å². The van der Waals surface area contributed by atoms with Crippen molar-refractivity contribution in [3.05, 3.63) is 47.8 Å². The van der Waals surface area contributed by atoms with Crippen LogP contribution in [0.5, 0.6) is 5.88 Å². The number of nitrogens with zero attached hydrogens (tertiary/aromatic N) is 5. The summed E-state index contributed by atoms with van der Waals surface area (Å²) in [5.41, 5.74) is 2.42. The van der Waals surface area contributed by atoms with Gasteiger partial charge in [-0.1, -0.05) is 6.07 Å². The fraction of sp³-hybridized carbons (Fsp3) is 0.552. The van der Waals surface area contributed by atoms with Gasteiger partial charge in [0.05, 0.1) is 55.6 Å². The van der Waals surface area contributed by atoms with E-state index in [0.29, 0.717) is 30.3 Å². The highest BCUT2D eigenvalue weighted by atomic mass is 16.5. The van der Waals surface area contributed by atoms with Crippen LogP contribution in [0, 0.1) is 11.3 Å². The summed E-state index contributed by atoms with van der Waals surface area (Å²) in [4.78, 5) is 26.0. The summed E-state index contributed by atoms with van der Waals surface area (Å²) in [6.45, 7) is 8.28. The summed E-state index contributed by atoms with van der Waals surface area (Å²) >= 11 is 0. The van der Waals surface area contributed by atoms with Crippen LogP contribution in [0.3, 0.4) is 0 Å². The summed E-state index contributed by atoms with van der Waals surface area (Å²) < 4.78 is 19.3. The summed E-state index contributed by atoms with van der Waals surface area (Å²) in [6.07, 6.45) is 3.58. The lowest BCUT2D eigenvalue weighted by Gasteiger charge is -2.53. The number of carboxylic acid groups (broad SMARTS) is 1. The molecule has 7 rings (SSSR count). The van der Waals surface area contributed by atoms with Crippen LogP contribution in [0.15, 0.2) is 36.4 Å². The zero-order valence-corrected chi connectivity index (χ0v) is 22.1. The number of imidazole rings is 1. The maximum atomic E-state index is 11.6. The number of carbonyl (C=O) groups is 1. The molecule has 1 N–H and O–H groups in total. The second-order valence-corrected chi connectivity index (χ2v) is 11.6. The summed E-state index contributed by atoms with van der Waals surface area (Å²) in [5.74, 6) is 2.30. The molecule has 0 unspecified atom stereocenters. The van der Waals surface area contributed by atoms with Gasteiger partial charge in [-0.2, -0.15) is 4.98 Å². The summed E-state index contributed by atoms with van der Waals surface area (Å²) in [5, 5.41) is 9.49. The molecule has 1 spiro atoms. The largest absolute Gasteiger partial charge is 0.478 e. The molecule has 3 aromatic rings. The zero-order chi connectivity index (χ0) is 26.4. The molecule has 3 aliphatic heterocycles. The Morgan fingerprint density at radius 3 is 2.62 bits per heavy atom. The number of rotatable bonds is 9. The number of fused-ring (bicyclic) bond motifs is 1. The monoisotopic (exact) mass is 533 g/mol. The van der Waals surface area contributed by atoms with Crippen LogP contribution in [0.1, 0.15) is 35.4 Å². The highest BCUT2D eigenvalue weighted by Gasteiger charge is 2.49. The Labute approximate surface area is 227 Å². The Morgan fingerprint density at radius 1 is 1.10 bits per heavy atom. The molecule has 0 amide bonds. The third kappa shape index (κ3) is 4.97. The minimum Gasteiger partial charge on any atom is -0.478 e. The molecule has 39 heavy (non-hydrogen) atoms. The van der Waals surface area contributed by atoms with E-state index in [1.807, 2.05) is 18.2 Å². The quantitative estimate of drug-likeness (QED) is 0.445. The highest BCUT2D eigenvalue weighted by Crippen LogP contribution is 2.50. The number of aromatic nitrogens is 3. The minimum absolute atomic E-state index is 0.157. The van der Waals surface area contributed by atoms with Gasteiger partial charge in [0.15, 0.2) is 0 Å². The second kappa shape index (κ2) is 10.1. The molecule has 1 aliphatic carbocycles. The molecule has 4 fully saturated rings. The number of hydrogen-bond donors (Lipinski definition) is 1. The van der Waals surface area contributed by atoms with E-state index in [9.17, 15) is 9.90 Å². The number of carboxylic acids is 1. The van der Waals surface area contributed by atoms with E-state index in [1.54, 1.807) is 12.1 Å². The zero-order valence-electron chi connectivity index (χ0n) is 22.1. The fourth-order valence-corrected chi connectivity index (χ4v) is 6.37. The second-order valence-electron chi connectivity index (χ2n) is 11.6. The van der Waals surface area contributed by atoms with Gasteiger partial charge < -0.3 is 28.8 Å². The first-order chi connectivity index (χ1) is 19.0. The molecule has 1 saturated carbocycles. The van der Waals surface area contributed by atoms with E-state index in [0.717, 1.165) is 81.7 Å². The number of ether oxygens (including phenoxy) is 3. The highest BCUT2D eigenvalue weighted by molar-refractivity contribution is 5.92. The Bertz CT molecular complexity index is 1350. The first-order valence-corrected chi connectivity index (χ1v) is 14.0. The number of pyridine rings is 1. The van der Waals surface area contributed by atoms with Crippen molar-refractivity contribution < 1.29 is 24.1 Å². The number of piperazine rings is 1. The molecule has 10 heteroatoms. The van der Waals surface area contributed by atoms with Gasteiger partial charge in [-0.05, 0) is 49.4 Å². The van der Waals surface area contributed by atoms with E-state index in [-0.39, 0.29) is 11.7 Å². The number of hydrogen-bond acceptors (Lipinski definition) is 8. The van der Waals surface area contributed by atoms with Gasteiger partial charge >= 0.3 is 5.97 Å². The summed E-state index contributed by atoms with van der Waals surface area (Å²) in [6, 6.07) is 11.2. The predicted molar refractivity (Wildman–Crippen MR) is 144 cm³/mol. The van der Waals surface area contributed by atoms with Crippen LogP contribution >= 0.6 is 0 Å². The van der Waals surface area contributed by atoms with Crippen LogP contribution in [-0.4, -0.2) is 89.2 Å². The van der Waals surface area contributed by atoms with Crippen molar-refractivity contribution in [3.63, 3.8) is 0 Å². The van der Waals surface area contributed by atoms with Crippen molar-refractivity contribution in [1.82, 2.24) is 19.4 Å². The molecule has 206 valence electrons. The standard InChI is InChI=1S/C29H35N5O5/c35-28(36)21-4-5-23-24(12-21)34(15-22-6-11-38-22)26(30-23)16-32-7-9-33(10-8-32)25-2-1-3-27(31-25)39-17-20-13-29(14-20)18-37-19-29/h1-5,12,20,22H,6-11,13-19H2,(H,35,36)/t22-/m0/s1. The Morgan fingerprint density at radius 2 is 1.92 bits per heavy atom.